The first kappa shape index (κ1) is 13.5. The van der Waals surface area contributed by atoms with E-state index in [0.717, 1.165) is 16.8 Å². The molecular weight excluding hydrogens is 244 g/mol. The molecule has 0 heterocycles. The molecule has 3 heteroatoms. The first-order chi connectivity index (χ1) is 8.99. The van der Waals surface area contributed by atoms with Crippen LogP contribution in [0, 0.1) is 25.5 Å². The molecular formula is C16H17F2N. The van der Waals surface area contributed by atoms with Gasteiger partial charge in [-0.1, -0.05) is 23.8 Å². The van der Waals surface area contributed by atoms with Crippen molar-refractivity contribution in [3.63, 3.8) is 0 Å². The lowest BCUT2D eigenvalue weighted by molar-refractivity contribution is 0.544. The summed E-state index contributed by atoms with van der Waals surface area (Å²) in [7, 11) is 0. The largest absolute Gasteiger partial charge is 0.378 e. The summed E-state index contributed by atoms with van der Waals surface area (Å²) in [4.78, 5) is 0. The van der Waals surface area contributed by atoms with Crippen molar-refractivity contribution < 1.29 is 8.78 Å². The maximum absolute atomic E-state index is 13.7. The SMILES string of the molecule is Cc1ccc(NC(C)c2c(F)cccc2F)c(C)c1. The van der Waals surface area contributed by atoms with E-state index in [2.05, 4.69) is 5.32 Å². The van der Waals surface area contributed by atoms with Gasteiger partial charge in [0.25, 0.3) is 0 Å². The van der Waals surface area contributed by atoms with Gasteiger partial charge in [-0.2, -0.15) is 0 Å². The molecule has 2 rings (SSSR count). The third-order valence-electron chi connectivity index (χ3n) is 3.19. The van der Waals surface area contributed by atoms with Crippen LogP contribution in [-0.2, 0) is 0 Å². The molecule has 1 nitrogen and oxygen atoms in total. The van der Waals surface area contributed by atoms with E-state index in [-0.39, 0.29) is 5.56 Å². The van der Waals surface area contributed by atoms with Gasteiger partial charge in [0.05, 0.1) is 6.04 Å². The monoisotopic (exact) mass is 261 g/mol. The van der Waals surface area contributed by atoms with Crippen molar-refractivity contribution in [1.82, 2.24) is 0 Å². The minimum absolute atomic E-state index is 0.0717. The van der Waals surface area contributed by atoms with Gasteiger partial charge in [0, 0.05) is 11.3 Å². The van der Waals surface area contributed by atoms with Gasteiger partial charge in [-0.25, -0.2) is 8.78 Å². The Balaban J connectivity index is 2.28. The zero-order chi connectivity index (χ0) is 14.0. The third kappa shape index (κ3) is 2.92. The molecule has 0 radical (unpaired) electrons. The van der Waals surface area contributed by atoms with Crippen LogP contribution in [0.3, 0.4) is 0 Å². The van der Waals surface area contributed by atoms with Crippen molar-refractivity contribution in [1.29, 1.82) is 0 Å². The van der Waals surface area contributed by atoms with Crippen LogP contribution >= 0.6 is 0 Å². The maximum atomic E-state index is 13.7. The van der Waals surface area contributed by atoms with E-state index in [1.165, 1.54) is 18.2 Å². The highest BCUT2D eigenvalue weighted by molar-refractivity contribution is 5.53. The summed E-state index contributed by atoms with van der Waals surface area (Å²) in [5.41, 5.74) is 3.18. The number of rotatable bonds is 3. The Morgan fingerprint density at radius 3 is 2.21 bits per heavy atom. The summed E-state index contributed by atoms with van der Waals surface area (Å²) in [6.45, 7) is 5.73. The van der Waals surface area contributed by atoms with Crippen molar-refractivity contribution in [3.05, 3.63) is 64.7 Å². The molecule has 0 aliphatic heterocycles. The fraction of sp³-hybridized carbons (Fsp3) is 0.250. The minimum atomic E-state index is -0.523. The molecule has 0 fully saturated rings. The second-order valence-electron chi connectivity index (χ2n) is 4.82. The summed E-state index contributed by atoms with van der Waals surface area (Å²) in [5, 5.41) is 3.16. The molecule has 19 heavy (non-hydrogen) atoms. The minimum Gasteiger partial charge on any atom is -0.378 e. The molecule has 1 unspecified atom stereocenters. The van der Waals surface area contributed by atoms with Crippen LogP contribution in [-0.4, -0.2) is 0 Å². The van der Waals surface area contributed by atoms with Gasteiger partial charge < -0.3 is 5.32 Å². The first-order valence-electron chi connectivity index (χ1n) is 6.26. The van der Waals surface area contributed by atoms with Crippen LogP contribution in [0.2, 0.25) is 0 Å². The Labute approximate surface area is 112 Å². The lowest BCUT2D eigenvalue weighted by Crippen LogP contribution is -2.11. The fourth-order valence-corrected chi connectivity index (χ4v) is 2.21. The number of hydrogen-bond acceptors (Lipinski definition) is 1. The number of hydrogen-bond donors (Lipinski definition) is 1. The number of anilines is 1. The van der Waals surface area contributed by atoms with Gasteiger partial charge >= 0.3 is 0 Å². The standard InChI is InChI=1S/C16H17F2N/c1-10-7-8-15(11(2)9-10)19-12(3)16-13(17)5-4-6-14(16)18/h4-9,12,19H,1-3H3. The van der Waals surface area contributed by atoms with Crippen molar-refractivity contribution in [2.24, 2.45) is 0 Å². The van der Waals surface area contributed by atoms with E-state index in [1.807, 2.05) is 32.0 Å². The Morgan fingerprint density at radius 1 is 1.00 bits per heavy atom. The molecule has 0 bridgehead atoms. The van der Waals surface area contributed by atoms with Gasteiger partial charge in [-0.15, -0.1) is 0 Å². The second-order valence-corrected chi connectivity index (χ2v) is 4.82. The third-order valence-corrected chi connectivity index (χ3v) is 3.19. The molecule has 2 aromatic carbocycles. The molecule has 100 valence electrons. The highest BCUT2D eigenvalue weighted by Gasteiger charge is 2.16. The molecule has 0 saturated heterocycles. The van der Waals surface area contributed by atoms with E-state index in [0.29, 0.717) is 0 Å². The Kier molecular flexibility index (Phi) is 3.84. The number of aryl methyl sites for hydroxylation is 2. The zero-order valence-corrected chi connectivity index (χ0v) is 11.3. The lowest BCUT2D eigenvalue weighted by Gasteiger charge is -2.19. The maximum Gasteiger partial charge on any atom is 0.131 e. The van der Waals surface area contributed by atoms with E-state index in [1.54, 1.807) is 6.92 Å². The van der Waals surface area contributed by atoms with E-state index in [4.69, 9.17) is 0 Å². The Hall–Kier alpha value is -1.90. The number of halogens is 2. The van der Waals surface area contributed by atoms with Crippen molar-refractivity contribution in [2.45, 2.75) is 26.8 Å². The van der Waals surface area contributed by atoms with Crippen LogP contribution in [0.15, 0.2) is 36.4 Å². The molecule has 0 aromatic heterocycles. The molecule has 0 aliphatic carbocycles. The van der Waals surface area contributed by atoms with Gasteiger partial charge in [0.15, 0.2) is 0 Å². The predicted molar refractivity (Wildman–Crippen MR) is 74.3 cm³/mol. The van der Waals surface area contributed by atoms with Crippen molar-refractivity contribution >= 4 is 5.69 Å². The average molecular weight is 261 g/mol. The zero-order valence-electron chi connectivity index (χ0n) is 11.3. The topological polar surface area (TPSA) is 12.0 Å². The molecule has 0 spiro atoms. The predicted octanol–water partition coefficient (Wildman–Crippen LogP) is 4.75. The highest BCUT2D eigenvalue weighted by Crippen LogP contribution is 2.26. The molecule has 0 amide bonds. The van der Waals surface area contributed by atoms with E-state index in [9.17, 15) is 8.78 Å². The normalized spacial score (nSPS) is 12.3. The van der Waals surface area contributed by atoms with Crippen molar-refractivity contribution in [3.8, 4) is 0 Å². The summed E-state index contributed by atoms with van der Waals surface area (Å²) >= 11 is 0. The van der Waals surface area contributed by atoms with Crippen molar-refractivity contribution in [2.75, 3.05) is 5.32 Å². The Bertz CT molecular complexity index is 573. The van der Waals surface area contributed by atoms with E-state index >= 15 is 0 Å². The number of nitrogens with one attached hydrogen (secondary N) is 1. The summed E-state index contributed by atoms with van der Waals surface area (Å²) in [6.07, 6.45) is 0. The van der Waals surface area contributed by atoms with Gasteiger partial charge in [-0.05, 0) is 44.5 Å². The smallest absolute Gasteiger partial charge is 0.131 e. The lowest BCUT2D eigenvalue weighted by atomic mass is 10.1. The molecule has 1 N–H and O–H groups in total. The quantitative estimate of drug-likeness (QED) is 0.840. The second kappa shape index (κ2) is 5.39. The van der Waals surface area contributed by atoms with Crippen LogP contribution in [0.25, 0.3) is 0 Å². The fourth-order valence-electron chi connectivity index (χ4n) is 2.21. The summed E-state index contributed by atoms with van der Waals surface area (Å²) < 4.78 is 27.4. The molecule has 1 atom stereocenters. The number of benzene rings is 2. The van der Waals surface area contributed by atoms with Crippen LogP contribution in [0.5, 0.6) is 0 Å². The van der Waals surface area contributed by atoms with Gasteiger partial charge in [-0.3, -0.25) is 0 Å². The van der Waals surface area contributed by atoms with Crippen LogP contribution in [0.4, 0.5) is 14.5 Å². The molecule has 0 aliphatic rings. The van der Waals surface area contributed by atoms with Crippen LogP contribution < -0.4 is 5.32 Å². The van der Waals surface area contributed by atoms with E-state index < -0.39 is 17.7 Å². The summed E-state index contributed by atoms with van der Waals surface area (Å²) in [5.74, 6) is -1.05. The molecule has 2 aromatic rings. The Morgan fingerprint density at radius 2 is 1.63 bits per heavy atom. The first-order valence-corrected chi connectivity index (χ1v) is 6.26. The van der Waals surface area contributed by atoms with Gasteiger partial charge in [0.2, 0.25) is 0 Å². The summed E-state index contributed by atoms with van der Waals surface area (Å²) in [6, 6.07) is 9.43. The highest BCUT2D eigenvalue weighted by atomic mass is 19.1. The average Bonchev–Trinajstić information content (AvgIpc) is 2.32. The van der Waals surface area contributed by atoms with Gasteiger partial charge in [0.1, 0.15) is 11.6 Å². The molecule has 0 saturated carbocycles. The van der Waals surface area contributed by atoms with Crippen LogP contribution in [0.1, 0.15) is 29.7 Å².